The zero-order chi connectivity index (χ0) is 15.3. The van der Waals surface area contributed by atoms with Crippen LogP contribution >= 0.6 is 23.2 Å². The number of benzene rings is 1. The van der Waals surface area contributed by atoms with Gasteiger partial charge < -0.3 is 10.4 Å². The van der Waals surface area contributed by atoms with Crippen LogP contribution in [0.25, 0.3) is 6.08 Å². The maximum atomic E-state index is 12.0. The van der Waals surface area contributed by atoms with E-state index < -0.39 is 24.7 Å². The summed E-state index contributed by atoms with van der Waals surface area (Å²) in [6, 6.07) is 4.57. The molecule has 0 aliphatic heterocycles. The van der Waals surface area contributed by atoms with Gasteiger partial charge in [0.15, 0.2) is 6.10 Å². The average molecular weight is 328 g/mol. The first-order valence-corrected chi connectivity index (χ1v) is 6.11. The van der Waals surface area contributed by atoms with Crippen LogP contribution in [0.15, 0.2) is 24.3 Å². The molecule has 1 atom stereocenters. The van der Waals surface area contributed by atoms with E-state index in [1.165, 1.54) is 12.1 Å². The van der Waals surface area contributed by atoms with Gasteiger partial charge in [-0.25, -0.2) is 0 Å². The van der Waals surface area contributed by atoms with Gasteiger partial charge in [-0.05, 0) is 23.8 Å². The van der Waals surface area contributed by atoms with Crippen molar-refractivity contribution in [3.8, 4) is 0 Å². The molecule has 0 saturated carbocycles. The molecule has 0 radical (unpaired) electrons. The van der Waals surface area contributed by atoms with Crippen LogP contribution in [0.1, 0.15) is 5.56 Å². The maximum Gasteiger partial charge on any atom is 0.416 e. The normalized spacial score (nSPS) is 13.5. The molecule has 0 aromatic heterocycles. The molecule has 8 heteroatoms. The standard InChI is InChI=1S/C12H10Cl2F3NO2/c13-8-3-1-7(9(14)5-8)2-4-11(20)18-6-10(19)12(15,16)17/h1-5,10,19H,6H2,(H,18,20)/b4-2+. The van der Waals surface area contributed by atoms with Gasteiger partial charge in [-0.15, -0.1) is 0 Å². The predicted octanol–water partition coefficient (Wildman–Crippen LogP) is 3.05. The number of carbonyl (C=O) groups is 1. The van der Waals surface area contributed by atoms with Crippen molar-refractivity contribution in [3.63, 3.8) is 0 Å². The molecule has 20 heavy (non-hydrogen) atoms. The minimum atomic E-state index is -4.77. The third-order valence-electron chi connectivity index (χ3n) is 2.22. The highest BCUT2D eigenvalue weighted by Crippen LogP contribution is 2.22. The SMILES string of the molecule is O=C(/C=C/c1ccc(Cl)cc1Cl)NCC(O)C(F)(F)F. The Morgan fingerprint density at radius 1 is 1.40 bits per heavy atom. The second-order valence-electron chi connectivity index (χ2n) is 3.80. The highest BCUT2D eigenvalue weighted by atomic mass is 35.5. The zero-order valence-electron chi connectivity index (χ0n) is 9.92. The number of aliphatic hydroxyl groups excluding tert-OH is 1. The molecule has 3 nitrogen and oxygen atoms in total. The van der Waals surface area contributed by atoms with E-state index in [9.17, 15) is 18.0 Å². The minimum absolute atomic E-state index is 0.303. The number of nitrogens with one attached hydrogen (secondary N) is 1. The van der Waals surface area contributed by atoms with E-state index >= 15 is 0 Å². The smallest absolute Gasteiger partial charge is 0.382 e. The van der Waals surface area contributed by atoms with Crippen LogP contribution in [-0.2, 0) is 4.79 Å². The summed E-state index contributed by atoms with van der Waals surface area (Å²) in [4.78, 5) is 11.3. The summed E-state index contributed by atoms with van der Waals surface area (Å²) in [7, 11) is 0. The Kier molecular flexibility index (Phi) is 5.86. The van der Waals surface area contributed by atoms with E-state index in [2.05, 4.69) is 0 Å². The summed E-state index contributed by atoms with van der Waals surface area (Å²) in [5.74, 6) is -0.778. The molecule has 0 aliphatic rings. The lowest BCUT2D eigenvalue weighted by molar-refractivity contribution is -0.201. The van der Waals surface area contributed by atoms with Crippen molar-refractivity contribution in [3.05, 3.63) is 39.9 Å². The first kappa shape index (κ1) is 16.8. The fourth-order valence-electron chi connectivity index (χ4n) is 1.17. The molecule has 0 saturated heterocycles. The van der Waals surface area contributed by atoms with Gasteiger partial charge in [0.05, 0.1) is 6.54 Å². The lowest BCUT2D eigenvalue weighted by Gasteiger charge is -2.14. The lowest BCUT2D eigenvalue weighted by Crippen LogP contribution is -2.40. The molecular weight excluding hydrogens is 318 g/mol. The number of hydrogen-bond donors (Lipinski definition) is 2. The molecule has 0 spiro atoms. The number of alkyl halides is 3. The van der Waals surface area contributed by atoms with Crippen molar-refractivity contribution in [2.24, 2.45) is 0 Å². The fraction of sp³-hybridized carbons (Fsp3) is 0.250. The van der Waals surface area contributed by atoms with Crippen molar-refractivity contribution < 1.29 is 23.1 Å². The van der Waals surface area contributed by atoms with Crippen molar-refractivity contribution in [2.75, 3.05) is 6.54 Å². The van der Waals surface area contributed by atoms with Gasteiger partial charge in [-0.2, -0.15) is 13.2 Å². The van der Waals surface area contributed by atoms with Gasteiger partial charge in [-0.1, -0.05) is 29.3 Å². The zero-order valence-corrected chi connectivity index (χ0v) is 11.4. The van der Waals surface area contributed by atoms with Gasteiger partial charge in [0, 0.05) is 16.1 Å². The monoisotopic (exact) mass is 327 g/mol. The summed E-state index contributed by atoms with van der Waals surface area (Å²) in [5, 5.41) is 11.3. The molecule has 0 fully saturated rings. The lowest BCUT2D eigenvalue weighted by atomic mass is 10.2. The van der Waals surface area contributed by atoms with Crippen molar-refractivity contribution >= 4 is 35.2 Å². The summed E-state index contributed by atoms with van der Waals surface area (Å²) in [6.07, 6.45) is -5.03. The highest BCUT2D eigenvalue weighted by molar-refractivity contribution is 6.35. The number of hydrogen-bond acceptors (Lipinski definition) is 2. The average Bonchev–Trinajstić information content (AvgIpc) is 2.33. The van der Waals surface area contributed by atoms with E-state index in [1.54, 1.807) is 12.1 Å². The van der Waals surface area contributed by atoms with Gasteiger partial charge in [0.1, 0.15) is 0 Å². The first-order valence-electron chi connectivity index (χ1n) is 5.36. The van der Waals surface area contributed by atoms with E-state index in [4.69, 9.17) is 28.3 Å². The van der Waals surface area contributed by atoms with Gasteiger partial charge in [-0.3, -0.25) is 4.79 Å². The summed E-state index contributed by atoms with van der Waals surface area (Å²) < 4.78 is 36.0. The number of amides is 1. The Morgan fingerprint density at radius 2 is 2.05 bits per heavy atom. The van der Waals surface area contributed by atoms with Crippen LogP contribution in [0.2, 0.25) is 10.0 Å². The fourth-order valence-corrected chi connectivity index (χ4v) is 1.65. The topological polar surface area (TPSA) is 49.3 Å². The van der Waals surface area contributed by atoms with Gasteiger partial charge >= 0.3 is 6.18 Å². The Bertz CT molecular complexity index is 518. The summed E-state index contributed by atoms with van der Waals surface area (Å²) >= 11 is 11.5. The van der Waals surface area contributed by atoms with Crippen LogP contribution in [0.4, 0.5) is 13.2 Å². The van der Waals surface area contributed by atoms with Crippen molar-refractivity contribution in [2.45, 2.75) is 12.3 Å². The Labute approximate surface area is 123 Å². The number of halogens is 5. The van der Waals surface area contributed by atoms with Crippen LogP contribution in [-0.4, -0.2) is 29.8 Å². The van der Waals surface area contributed by atoms with E-state index in [-0.39, 0.29) is 0 Å². The Morgan fingerprint density at radius 3 is 2.60 bits per heavy atom. The molecule has 1 unspecified atom stereocenters. The van der Waals surface area contributed by atoms with Crippen LogP contribution in [0, 0.1) is 0 Å². The molecule has 1 amide bonds. The molecule has 0 heterocycles. The number of aliphatic hydroxyl groups is 1. The van der Waals surface area contributed by atoms with Crippen LogP contribution in [0.3, 0.4) is 0 Å². The highest BCUT2D eigenvalue weighted by Gasteiger charge is 2.37. The number of rotatable bonds is 4. The van der Waals surface area contributed by atoms with Crippen LogP contribution in [0.5, 0.6) is 0 Å². The first-order chi connectivity index (χ1) is 9.20. The van der Waals surface area contributed by atoms with Gasteiger partial charge in [0.2, 0.25) is 5.91 Å². The molecule has 1 aromatic rings. The molecule has 0 bridgehead atoms. The summed E-state index contributed by atoms with van der Waals surface area (Å²) in [6.45, 7) is -0.916. The third-order valence-corrected chi connectivity index (χ3v) is 2.79. The quantitative estimate of drug-likeness (QED) is 0.835. The van der Waals surface area contributed by atoms with Gasteiger partial charge in [0.25, 0.3) is 0 Å². The maximum absolute atomic E-state index is 12.0. The second-order valence-corrected chi connectivity index (χ2v) is 4.65. The third kappa shape index (κ3) is 5.40. The molecule has 1 rings (SSSR count). The van der Waals surface area contributed by atoms with E-state index in [0.29, 0.717) is 15.6 Å². The molecule has 1 aromatic carbocycles. The molecule has 0 aliphatic carbocycles. The second kappa shape index (κ2) is 6.97. The molecule has 2 N–H and O–H groups in total. The summed E-state index contributed by atoms with van der Waals surface area (Å²) in [5.41, 5.74) is 0.489. The van der Waals surface area contributed by atoms with Crippen LogP contribution < -0.4 is 5.32 Å². The largest absolute Gasteiger partial charge is 0.416 e. The Hall–Kier alpha value is -1.24. The minimum Gasteiger partial charge on any atom is -0.382 e. The molecule has 110 valence electrons. The van der Waals surface area contributed by atoms with Crippen molar-refractivity contribution in [1.29, 1.82) is 0 Å². The molecular formula is C12H10Cl2F3NO2. The Balaban J connectivity index is 2.56. The predicted molar refractivity (Wildman–Crippen MR) is 70.6 cm³/mol. The van der Waals surface area contributed by atoms with E-state index in [1.807, 2.05) is 5.32 Å². The number of carbonyl (C=O) groups excluding carboxylic acids is 1. The van der Waals surface area contributed by atoms with Crippen molar-refractivity contribution in [1.82, 2.24) is 5.32 Å². The van der Waals surface area contributed by atoms with E-state index in [0.717, 1.165) is 6.08 Å².